The Hall–Kier alpha value is -3.58. The second-order valence-electron chi connectivity index (χ2n) is 8.50. The standard InChI is InChI=1S/C27H27N5OS/c1-19(2)26-20(18-30-32(26)25-14-7-8-15-28-25)27(33)29-16-9-17-31-21-10-3-5-12-23(21)34-24-13-6-4-11-22(24)31/h3-8,10-15,18-19H,9,16-17H2,1-2H3,(H,29,33). The van der Waals surface area contributed by atoms with Crippen LogP contribution in [-0.4, -0.2) is 33.8 Å². The van der Waals surface area contributed by atoms with Crippen LogP contribution in [0.2, 0.25) is 0 Å². The highest BCUT2D eigenvalue weighted by Gasteiger charge is 2.23. The first-order chi connectivity index (χ1) is 16.6. The summed E-state index contributed by atoms with van der Waals surface area (Å²) in [7, 11) is 0. The van der Waals surface area contributed by atoms with Gasteiger partial charge in [0, 0.05) is 29.1 Å². The van der Waals surface area contributed by atoms with Gasteiger partial charge in [0.2, 0.25) is 0 Å². The summed E-state index contributed by atoms with van der Waals surface area (Å²) in [4.78, 5) is 22.3. The number of carbonyl (C=O) groups is 1. The van der Waals surface area contributed by atoms with Crippen molar-refractivity contribution in [3.05, 3.63) is 90.4 Å². The van der Waals surface area contributed by atoms with E-state index in [1.165, 1.54) is 21.2 Å². The Kier molecular flexibility index (Phi) is 6.36. The van der Waals surface area contributed by atoms with E-state index in [0.29, 0.717) is 17.9 Å². The highest BCUT2D eigenvalue weighted by atomic mass is 32.2. The number of carbonyl (C=O) groups excluding carboxylic acids is 1. The van der Waals surface area contributed by atoms with Crippen LogP contribution in [0.1, 0.15) is 42.2 Å². The lowest BCUT2D eigenvalue weighted by Gasteiger charge is -2.32. The maximum atomic E-state index is 13.1. The second kappa shape index (κ2) is 9.73. The van der Waals surface area contributed by atoms with E-state index < -0.39 is 0 Å². The number of hydrogen-bond acceptors (Lipinski definition) is 5. The predicted molar refractivity (Wildman–Crippen MR) is 136 cm³/mol. The highest BCUT2D eigenvalue weighted by Crippen LogP contribution is 2.47. The van der Waals surface area contributed by atoms with Crippen molar-refractivity contribution in [3.8, 4) is 5.82 Å². The van der Waals surface area contributed by atoms with Gasteiger partial charge < -0.3 is 10.2 Å². The van der Waals surface area contributed by atoms with Gasteiger partial charge in [-0.05, 0) is 48.7 Å². The number of nitrogens with one attached hydrogen (secondary N) is 1. The first kappa shape index (κ1) is 22.2. The van der Waals surface area contributed by atoms with Gasteiger partial charge in [-0.25, -0.2) is 9.67 Å². The number of amides is 1. The van der Waals surface area contributed by atoms with E-state index in [1.54, 1.807) is 28.8 Å². The van der Waals surface area contributed by atoms with Crippen molar-refractivity contribution < 1.29 is 4.79 Å². The largest absolute Gasteiger partial charge is 0.352 e. The third kappa shape index (κ3) is 4.31. The smallest absolute Gasteiger partial charge is 0.254 e. The molecule has 0 bridgehead atoms. The Balaban J connectivity index is 1.27. The number of rotatable bonds is 7. The Bertz CT molecular complexity index is 1260. The number of nitrogens with zero attached hydrogens (tertiary/aromatic N) is 4. The minimum absolute atomic E-state index is 0.0964. The van der Waals surface area contributed by atoms with Crippen LogP contribution in [0.25, 0.3) is 5.82 Å². The van der Waals surface area contributed by atoms with E-state index in [4.69, 9.17) is 0 Å². The molecule has 1 amide bonds. The first-order valence-electron chi connectivity index (χ1n) is 11.5. The molecule has 0 fully saturated rings. The molecule has 1 N–H and O–H groups in total. The van der Waals surface area contributed by atoms with Crippen LogP contribution >= 0.6 is 11.8 Å². The van der Waals surface area contributed by atoms with Crippen molar-refractivity contribution >= 4 is 29.0 Å². The van der Waals surface area contributed by atoms with Crippen LogP contribution in [0.3, 0.4) is 0 Å². The Morgan fingerprint density at radius 3 is 2.29 bits per heavy atom. The zero-order valence-corrected chi connectivity index (χ0v) is 20.1. The van der Waals surface area contributed by atoms with E-state index >= 15 is 0 Å². The first-order valence-corrected chi connectivity index (χ1v) is 12.4. The van der Waals surface area contributed by atoms with Gasteiger partial charge in [0.15, 0.2) is 5.82 Å². The van der Waals surface area contributed by atoms with Gasteiger partial charge in [0.25, 0.3) is 5.91 Å². The van der Waals surface area contributed by atoms with Gasteiger partial charge in [-0.3, -0.25) is 4.79 Å². The van der Waals surface area contributed by atoms with Gasteiger partial charge in [-0.1, -0.05) is 55.9 Å². The van der Waals surface area contributed by atoms with E-state index in [1.807, 2.05) is 18.2 Å². The molecule has 2 aromatic carbocycles. The van der Waals surface area contributed by atoms with Crippen molar-refractivity contribution in [2.24, 2.45) is 0 Å². The van der Waals surface area contributed by atoms with Crippen LogP contribution in [0, 0.1) is 0 Å². The molecule has 1 aliphatic heterocycles. The number of benzene rings is 2. The normalized spacial score (nSPS) is 12.4. The molecule has 6 nitrogen and oxygen atoms in total. The lowest BCUT2D eigenvalue weighted by atomic mass is 10.1. The molecule has 0 spiro atoms. The van der Waals surface area contributed by atoms with Crippen LogP contribution in [0.15, 0.2) is 88.9 Å². The molecule has 4 aromatic rings. The van der Waals surface area contributed by atoms with Gasteiger partial charge in [0.1, 0.15) is 0 Å². The lowest BCUT2D eigenvalue weighted by molar-refractivity contribution is 0.0952. The molecule has 3 heterocycles. The Labute approximate surface area is 204 Å². The van der Waals surface area contributed by atoms with Gasteiger partial charge in [-0.2, -0.15) is 5.10 Å². The van der Waals surface area contributed by atoms with Crippen molar-refractivity contribution in [1.82, 2.24) is 20.1 Å². The number of hydrogen-bond donors (Lipinski definition) is 1. The fourth-order valence-electron chi connectivity index (χ4n) is 4.31. The number of pyridine rings is 1. The molecule has 172 valence electrons. The molecule has 34 heavy (non-hydrogen) atoms. The Morgan fingerprint density at radius 2 is 1.65 bits per heavy atom. The fourth-order valence-corrected chi connectivity index (χ4v) is 5.40. The third-order valence-electron chi connectivity index (χ3n) is 5.84. The monoisotopic (exact) mass is 469 g/mol. The second-order valence-corrected chi connectivity index (χ2v) is 9.58. The minimum atomic E-state index is -0.0964. The maximum absolute atomic E-state index is 13.1. The van der Waals surface area contributed by atoms with Crippen LogP contribution in [-0.2, 0) is 0 Å². The quantitative estimate of drug-likeness (QED) is 0.346. The highest BCUT2D eigenvalue weighted by molar-refractivity contribution is 7.99. The van der Waals surface area contributed by atoms with Gasteiger partial charge in [0.05, 0.1) is 28.8 Å². The summed E-state index contributed by atoms with van der Waals surface area (Å²) < 4.78 is 1.76. The van der Waals surface area contributed by atoms with Crippen LogP contribution in [0.5, 0.6) is 0 Å². The topological polar surface area (TPSA) is 63.1 Å². The average molecular weight is 470 g/mol. The van der Waals surface area contributed by atoms with Crippen LogP contribution < -0.4 is 10.2 Å². The number of para-hydroxylation sites is 2. The predicted octanol–water partition coefficient (Wildman–Crippen LogP) is 5.81. The molecular weight excluding hydrogens is 442 g/mol. The molecule has 0 saturated heterocycles. The summed E-state index contributed by atoms with van der Waals surface area (Å²) in [5, 5.41) is 7.57. The van der Waals surface area contributed by atoms with Crippen molar-refractivity contribution in [3.63, 3.8) is 0 Å². The Morgan fingerprint density at radius 1 is 0.971 bits per heavy atom. The molecule has 0 atom stereocenters. The summed E-state index contributed by atoms with van der Waals surface area (Å²) in [6.45, 7) is 5.53. The molecule has 5 rings (SSSR count). The summed E-state index contributed by atoms with van der Waals surface area (Å²) in [6, 6.07) is 22.7. The molecule has 0 radical (unpaired) electrons. The lowest BCUT2D eigenvalue weighted by Crippen LogP contribution is -2.29. The molecule has 2 aromatic heterocycles. The summed E-state index contributed by atoms with van der Waals surface area (Å²) in [5.41, 5.74) is 3.91. The molecule has 7 heteroatoms. The molecular formula is C27H27N5OS. The van der Waals surface area contributed by atoms with Crippen molar-refractivity contribution in [2.45, 2.75) is 36.0 Å². The fraction of sp³-hybridized carbons (Fsp3) is 0.222. The molecule has 0 aliphatic carbocycles. The summed E-state index contributed by atoms with van der Waals surface area (Å²) in [6.07, 6.45) is 4.20. The molecule has 1 aliphatic rings. The van der Waals surface area contributed by atoms with Crippen LogP contribution in [0.4, 0.5) is 11.4 Å². The van der Waals surface area contributed by atoms with Crippen molar-refractivity contribution in [1.29, 1.82) is 0 Å². The van der Waals surface area contributed by atoms with Gasteiger partial charge in [-0.15, -0.1) is 0 Å². The number of anilines is 2. The zero-order valence-electron chi connectivity index (χ0n) is 19.3. The number of fused-ring (bicyclic) bond motifs is 2. The third-order valence-corrected chi connectivity index (χ3v) is 6.97. The molecule has 0 unspecified atom stereocenters. The SMILES string of the molecule is CC(C)c1c(C(=O)NCCCN2c3ccccc3Sc3ccccc32)cnn1-c1ccccn1. The van der Waals surface area contributed by atoms with Crippen molar-refractivity contribution in [2.75, 3.05) is 18.0 Å². The van der Waals surface area contributed by atoms with E-state index in [9.17, 15) is 4.79 Å². The average Bonchev–Trinajstić information content (AvgIpc) is 3.32. The summed E-state index contributed by atoms with van der Waals surface area (Å²) >= 11 is 1.81. The molecule has 0 saturated carbocycles. The van der Waals surface area contributed by atoms with E-state index in [-0.39, 0.29) is 11.8 Å². The zero-order chi connectivity index (χ0) is 23.5. The minimum Gasteiger partial charge on any atom is -0.352 e. The maximum Gasteiger partial charge on any atom is 0.254 e. The van der Waals surface area contributed by atoms with E-state index in [2.05, 4.69) is 82.7 Å². The number of aromatic nitrogens is 3. The summed E-state index contributed by atoms with van der Waals surface area (Å²) in [5.74, 6) is 0.746. The van der Waals surface area contributed by atoms with E-state index in [0.717, 1.165) is 18.7 Å². The van der Waals surface area contributed by atoms with Gasteiger partial charge >= 0.3 is 0 Å².